The van der Waals surface area contributed by atoms with Gasteiger partial charge in [-0.15, -0.1) is 0 Å². The number of esters is 2. The Hall–Kier alpha value is -2.82. The van der Waals surface area contributed by atoms with Crippen LogP contribution >= 0.6 is 7.82 Å². The number of aliphatic carboxylic acids is 1. The topological polar surface area (TPSA) is 172 Å². The molecule has 0 aliphatic rings. The Kier molecular flexibility index (Phi) is 35.2. The Morgan fingerprint density at radius 2 is 1.07 bits per heavy atom. The van der Waals surface area contributed by atoms with Gasteiger partial charge in [0.25, 0.3) is 0 Å². The third-order valence-corrected chi connectivity index (χ3v) is 9.21. The molecule has 0 aliphatic heterocycles. The number of phosphoric ester groups is 1. The van der Waals surface area contributed by atoms with Crippen LogP contribution in [0.5, 0.6) is 0 Å². The van der Waals surface area contributed by atoms with E-state index in [1.165, 1.54) is 64.2 Å². The van der Waals surface area contributed by atoms with Crippen LogP contribution < -0.4 is 5.73 Å². The average Bonchev–Trinajstić information content (AvgIpc) is 3.14. The van der Waals surface area contributed by atoms with Gasteiger partial charge in [-0.25, -0.2) is 4.57 Å². The molecule has 12 heteroatoms. The van der Waals surface area contributed by atoms with E-state index >= 15 is 0 Å². The molecular formula is C42H72NO10P. The summed E-state index contributed by atoms with van der Waals surface area (Å²) in [5.74, 6) is -2.49. The fourth-order valence-electron chi connectivity index (χ4n) is 5.07. The molecule has 0 aliphatic carbocycles. The van der Waals surface area contributed by atoms with E-state index in [0.717, 1.165) is 51.4 Å². The number of unbranched alkanes of at least 4 members (excludes halogenated alkanes) is 13. The van der Waals surface area contributed by atoms with Crippen molar-refractivity contribution in [2.24, 2.45) is 5.73 Å². The van der Waals surface area contributed by atoms with E-state index in [2.05, 4.69) is 60.9 Å². The minimum absolute atomic E-state index is 0.0371. The fraction of sp³-hybridized carbons (Fsp3) is 0.690. The van der Waals surface area contributed by atoms with Crippen LogP contribution in [-0.4, -0.2) is 59.9 Å². The van der Waals surface area contributed by atoms with Gasteiger partial charge in [0.15, 0.2) is 6.10 Å². The van der Waals surface area contributed by atoms with Crippen LogP contribution in [-0.2, 0) is 37.5 Å². The zero-order valence-electron chi connectivity index (χ0n) is 33.3. The molecular weight excluding hydrogens is 709 g/mol. The lowest BCUT2D eigenvalue weighted by atomic mass is 10.1. The van der Waals surface area contributed by atoms with Gasteiger partial charge in [0.1, 0.15) is 12.6 Å². The molecule has 0 aromatic heterocycles. The summed E-state index contributed by atoms with van der Waals surface area (Å²) in [6, 6.07) is -1.53. The molecule has 0 spiro atoms. The normalized spacial score (nSPS) is 14.4. The molecule has 11 nitrogen and oxygen atoms in total. The van der Waals surface area contributed by atoms with Crippen LogP contribution in [0.4, 0.5) is 0 Å². The molecule has 0 saturated carbocycles. The Bertz CT molecular complexity index is 1150. The van der Waals surface area contributed by atoms with Gasteiger partial charge in [-0.3, -0.25) is 23.4 Å². The number of allylic oxidation sites excluding steroid dienone is 10. The van der Waals surface area contributed by atoms with Crippen molar-refractivity contribution in [1.29, 1.82) is 0 Å². The first-order valence-electron chi connectivity index (χ1n) is 20.3. The number of ether oxygens (including phenoxy) is 2. The summed E-state index contributed by atoms with van der Waals surface area (Å²) in [4.78, 5) is 45.8. The summed E-state index contributed by atoms with van der Waals surface area (Å²) >= 11 is 0. The number of carboxylic acid groups (broad SMARTS) is 1. The van der Waals surface area contributed by atoms with Gasteiger partial charge in [0.05, 0.1) is 13.2 Å². The van der Waals surface area contributed by atoms with E-state index in [4.69, 9.17) is 24.8 Å². The van der Waals surface area contributed by atoms with Crippen LogP contribution in [0.3, 0.4) is 0 Å². The SMILES string of the molecule is CC/C=C\C/C=C\C/C=C\C/C=C\CCC(=O)OC(COC(=O)CCCCCCCCC/C=C\CCCCCCCC)COP(=O)(O)OCC(N)C(=O)O. The number of carboxylic acids is 1. The maximum atomic E-state index is 12.5. The monoisotopic (exact) mass is 781 g/mol. The van der Waals surface area contributed by atoms with Gasteiger partial charge in [0, 0.05) is 12.8 Å². The Balaban J connectivity index is 4.48. The number of hydrogen-bond acceptors (Lipinski definition) is 9. The summed E-state index contributed by atoms with van der Waals surface area (Å²) < 4.78 is 32.5. The van der Waals surface area contributed by atoms with Crippen LogP contribution in [0.25, 0.3) is 0 Å². The summed E-state index contributed by atoms with van der Waals surface area (Å²) in [6.45, 7) is 2.58. The minimum Gasteiger partial charge on any atom is -0.480 e. The van der Waals surface area contributed by atoms with E-state index in [1.807, 2.05) is 18.2 Å². The number of hydrogen-bond donors (Lipinski definition) is 3. The standard InChI is InChI=1S/C42H72NO10P/c1-3-5-7-9-11-13-15-17-18-19-20-22-23-25-27-29-31-33-40(44)50-35-38(36-51-54(48,49)52-37-39(43)42(46)47)53-41(45)34-32-30-28-26-24-21-16-14-12-10-8-6-4-2/h6,8,12,14,17-18,21,24,28,30,38-39H,3-5,7,9-11,13,15-16,19-20,22-23,25-27,29,31-37,43H2,1-2H3,(H,46,47)(H,48,49)/b8-6-,14-12-,18-17-,24-21-,30-28-. The van der Waals surface area contributed by atoms with E-state index in [0.29, 0.717) is 12.8 Å². The van der Waals surface area contributed by atoms with Gasteiger partial charge < -0.3 is 25.2 Å². The molecule has 0 heterocycles. The minimum atomic E-state index is -4.73. The zero-order chi connectivity index (χ0) is 40.0. The highest BCUT2D eigenvalue weighted by Crippen LogP contribution is 2.43. The molecule has 0 aromatic rings. The number of rotatable bonds is 37. The molecule has 0 radical (unpaired) electrons. The van der Waals surface area contributed by atoms with Crippen molar-refractivity contribution in [3.05, 3.63) is 60.8 Å². The first kappa shape index (κ1) is 51.2. The van der Waals surface area contributed by atoms with Crippen LogP contribution in [0, 0.1) is 0 Å². The lowest BCUT2D eigenvalue weighted by Gasteiger charge is -2.20. The fourth-order valence-corrected chi connectivity index (χ4v) is 5.85. The highest BCUT2D eigenvalue weighted by molar-refractivity contribution is 7.47. The van der Waals surface area contributed by atoms with E-state index in [1.54, 1.807) is 0 Å². The summed E-state index contributed by atoms with van der Waals surface area (Å²) in [5.41, 5.74) is 5.31. The molecule has 310 valence electrons. The van der Waals surface area contributed by atoms with Gasteiger partial charge in [0.2, 0.25) is 0 Å². The van der Waals surface area contributed by atoms with Crippen molar-refractivity contribution in [1.82, 2.24) is 0 Å². The van der Waals surface area contributed by atoms with Crippen molar-refractivity contribution < 1.29 is 47.5 Å². The number of carbonyl (C=O) groups excluding carboxylic acids is 2. The van der Waals surface area contributed by atoms with Crippen molar-refractivity contribution in [2.45, 2.75) is 167 Å². The van der Waals surface area contributed by atoms with E-state index in [-0.39, 0.29) is 19.4 Å². The smallest absolute Gasteiger partial charge is 0.472 e. The van der Waals surface area contributed by atoms with Gasteiger partial charge in [-0.2, -0.15) is 0 Å². The predicted octanol–water partition coefficient (Wildman–Crippen LogP) is 10.4. The van der Waals surface area contributed by atoms with E-state index < -0.39 is 51.1 Å². The van der Waals surface area contributed by atoms with Crippen LogP contribution in [0.2, 0.25) is 0 Å². The molecule has 0 rings (SSSR count). The Morgan fingerprint density at radius 3 is 1.63 bits per heavy atom. The van der Waals surface area contributed by atoms with Gasteiger partial charge in [-0.1, -0.05) is 139 Å². The van der Waals surface area contributed by atoms with Gasteiger partial charge in [-0.05, 0) is 64.2 Å². The largest absolute Gasteiger partial charge is 0.480 e. The predicted molar refractivity (Wildman–Crippen MR) is 217 cm³/mol. The molecule has 0 bridgehead atoms. The van der Waals surface area contributed by atoms with Crippen LogP contribution in [0.15, 0.2) is 60.8 Å². The van der Waals surface area contributed by atoms with Crippen molar-refractivity contribution in [2.75, 3.05) is 19.8 Å². The van der Waals surface area contributed by atoms with Crippen LogP contribution in [0.1, 0.15) is 155 Å². The first-order chi connectivity index (χ1) is 26.1. The molecule has 54 heavy (non-hydrogen) atoms. The third-order valence-electron chi connectivity index (χ3n) is 8.26. The lowest BCUT2D eigenvalue weighted by molar-refractivity contribution is -0.161. The molecule has 0 amide bonds. The average molecular weight is 782 g/mol. The third kappa shape index (κ3) is 36.2. The summed E-state index contributed by atoms with van der Waals surface area (Å²) in [5, 5.41) is 8.87. The number of nitrogens with two attached hydrogens (primary N) is 1. The zero-order valence-corrected chi connectivity index (χ0v) is 34.2. The number of phosphoric acid groups is 1. The maximum Gasteiger partial charge on any atom is 0.472 e. The maximum absolute atomic E-state index is 12.5. The highest BCUT2D eigenvalue weighted by atomic mass is 31.2. The Morgan fingerprint density at radius 1 is 0.593 bits per heavy atom. The molecule has 3 unspecified atom stereocenters. The quantitative estimate of drug-likeness (QED) is 0.0237. The molecule has 0 aromatic carbocycles. The second-order valence-electron chi connectivity index (χ2n) is 13.4. The van der Waals surface area contributed by atoms with Crippen molar-refractivity contribution >= 4 is 25.7 Å². The highest BCUT2D eigenvalue weighted by Gasteiger charge is 2.28. The summed E-state index contributed by atoms with van der Waals surface area (Å²) in [7, 11) is -4.73. The molecule has 0 saturated heterocycles. The van der Waals surface area contributed by atoms with E-state index in [9.17, 15) is 23.8 Å². The number of carbonyl (C=O) groups is 3. The first-order valence-corrected chi connectivity index (χ1v) is 21.8. The van der Waals surface area contributed by atoms with Crippen molar-refractivity contribution in [3.63, 3.8) is 0 Å². The Labute approximate surface area is 326 Å². The summed E-state index contributed by atoms with van der Waals surface area (Å²) in [6.07, 6.45) is 41.7. The molecule has 3 atom stereocenters. The second kappa shape index (κ2) is 37.1. The van der Waals surface area contributed by atoms with Crippen molar-refractivity contribution in [3.8, 4) is 0 Å². The molecule has 0 fully saturated rings. The lowest BCUT2D eigenvalue weighted by Crippen LogP contribution is -2.34. The molecule has 4 N–H and O–H groups in total. The second-order valence-corrected chi connectivity index (χ2v) is 14.8. The van der Waals surface area contributed by atoms with Gasteiger partial charge >= 0.3 is 25.7 Å².